The number of rotatable bonds is 6. The molecule has 0 aliphatic rings. The minimum Gasteiger partial charge on any atom is -0.497 e. The number of hydrogen-bond donors (Lipinski definition) is 2. The van der Waals surface area contributed by atoms with Crippen molar-refractivity contribution in [3.8, 4) is 11.5 Å². The molecule has 106 valence electrons. The Balaban J connectivity index is 2.85. The van der Waals surface area contributed by atoms with Crippen LogP contribution in [0.5, 0.6) is 11.5 Å². The largest absolute Gasteiger partial charge is 0.497 e. The molecule has 1 atom stereocenters. The monoisotopic (exact) mass is 266 g/mol. The molecule has 0 fully saturated rings. The first kappa shape index (κ1) is 15.3. The van der Waals surface area contributed by atoms with Crippen LogP contribution in [0.4, 0.5) is 5.69 Å². The van der Waals surface area contributed by atoms with Gasteiger partial charge in [-0.3, -0.25) is 4.79 Å². The van der Waals surface area contributed by atoms with E-state index in [0.717, 1.165) is 5.56 Å². The summed E-state index contributed by atoms with van der Waals surface area (Å²) >= 11 is 0. The number of methoxy groups -OCH3 is 2. The summed E-state index contributed by atoms with van der Waals surface area (Å²) in [4.78, 5) is 11.8. The highest BCUT2D eigenvalue weighted by Crippen LogP contribution is 2.33. The van der Waals surface area contributed by atoms with Gasteiger partial charge in [-0.15, -0.1) is 0 Å². The minimum absolute atomic E-state index is 0.0182. The zero-order valence-corrected chi connectivity index (χ0v) is 11.9. The average Bonchev–Trinajstić information content (AvgIpc) is 2.38. The van der Waals surface area contributed by atoms with Crippen molar-refractivity contribution in [1.29, 1.82) is 0 Å². The van der Waals surface area contributed by atoms with Crippen LogP contribution in [0, 0.1) is 6.92 Å². The van der Waals surface area contributed by atoms with Crippen LogP contribution in [0.1, 0.15) is 25.3 Å². The van der Waals surface area contributed by atoms with Crippen LogP contribution < -0.4 is 20.5 Å². The van der Waals surface area contributed by atoms with Crippen LogP contribution >= 0.6 is 0 Å². The van der Waals surface area contributed by atoms with Gasteiger partial charge in [-0.05, 0) is 31.9 Å². The van der Waals surface area contributed by atoms with E-state index in [1.807, 2.05) is 19.9 Å². The third kappa shape index (κ3) is 4.44. The van der Waals surface area contributed by atoms with Gasteiger partial charge in [0.2, 0.25) is 5.91 Å². The van der Waals surface area contributed by atoms with E-state index >= 15 is 0 Å². The molecule has 0 aromatic heterocycles. The third-order valence-corrected chi connectivity index (χ3v) is 2.82. The molecular formula is C14H22N2O3. The Hall–Kier alpha value is -1.75. The smallest absolute Gasteiger partial charge is 0.224 e. The number of anilines is 1. The van der Waals surface area contributed by atoms with Crippen molar-refractivity contribution in [3.63, 3.8) is 0 Å². The van der Waals surface area contributed by atoms with Gasteiger partial charge in [0.05, 0.1) is 19.9 Å². The SMILES string of the molecule is COc1cc(C)c(NC(=O)CCC(C)N)c(OC)c1. The number of carbonyl (C=O) groups excluding carboxylic acids is 1. The quantitative estimate of drug-likeness (QED) is 0.826. The normalized spacial score (nSPS) is 11.8. The third-order valence-electron chi connectivity index (χ3n) is 2.82. The fourth-order valence-electron chi connectivity index (χ4n) is 1.72. The van der Waals surface area contributed by atoms with Gasteiger partial charge < -0.3 is 20.5 Å². The Morgan fingerprint density at radius 1 is 1.37 bits per heavy atom. The number of benzene rings is 1. The Bertz CT molecular complexity index is 445. The zero-order valence-electron chi connectivity index (χ0n) is 11.9. The molecule has 0 aliphatic carbocycles. The predicted octanol–water partition coefficient (Wildman–Crippen LogP) is 2.08. The first-order valence-electron chi connectivity index (χ1n) is 6.26. The maximum Gasteiger partial charge on any atom is 0.224 e. The second-order valence-electron chi connectivity index (χ2n) is 4.59. The lowest BCUT2D eigenvalue weighted by Crippen LogP contribution is -2.20. The molecule has 0 bridgehead atoms. The van der Waals surface area contributed by atoms with Gasteiger partial charge >= 0.3 is 0 Å². The van der Waals surface area contributed by atoms with Crippen LogP contribution in [0.3, 0.4) is 0 Å². The molecule has 0 saturated carbocycles. The van der Waals surface area contributed by atoms with Crippen molar-refractivity contribution < 1.29 is 14.3 Å². The van der Waals surface area contributed by atoms with E-state index in [-0.39, 0.29) is 11.9 Å². The predicted molar refractivity (Wildman–Crippen MR) is 75.8 cm³/mol. The minimum atomic E-state index is -0.0659. The molecule has 0 aliphatic heterocycles. The maximum atomic E-state index is 11.8. The molecule has 5 heteroatoms. The molecule has 0 radical (unpaired) electrons. The molecule has 1 aromatic carbocycles. The van der Waals surface area contributed by atoms with E-state index in [1.54, 1.807) is 20.3 Å². The number of nitrogens with one attached hydrogen (secondary N) is 1. The van der Waals surface area contributed by atoms with E-state index in [9.17, 15) is 4.79 Å². The van der Waals surface area contributed by atoms with Gasteiger partial charge in [-0.1, -0.05) is 0 Å². The molecule has 0 saturated heterocycles. The van der Waals surface area contributed by atoms with E-state index in [1.165, 1.54) is 0 Å². The van der Waals surface area contributed by atoms with E-state index in [2.05, 4.69) is 5.32 Å². The molecule has 1 unspecified atom stereocenters. The van der Waals surface area contributed by atoms with Crippen LogP contribution in [0.2, 0.25) is 0 Å². The summed E-state index contributed by atoms with van der Waals surface area (Å²) in [5, 5.41) is 2.86. The summed E-state index contributed by atoms with van der Waals surface area (Å²) in [6.07, 6.45) is 1.05. The van der Waals surface area contributed by atoms with Crippen LogP contribution in [-0.4, -0.2) is 26.2 Å². The number of nitrogens with two attached hydrogens (primary N) is 1. The van der Waals surface area contributed by atoms with Crippen LogP contribution in [-0.2, 0) is 4.79 Å². The zero-order chi connectivity index (χ0) is 14.4. The topological polar surface area (TPSA) is 73.6 Å². The van der Waals surface area contributed by atoms with Crippen molar-refractivity contribution in [3.05, 3.63) is 17.7 Å². The fraction of sp³-hybridized carbons (Fsp3) is 0.500. The van der Waals surface area contributed by atoms with E-state index in [0.29, 0.717) is 30.0 Å². The average molecular weight is 266 g/mol. The van der Waals surface area contributed by atoms with Crippen molar-refractivity contribution in [1.82, 2.24) is 0 Å². The van der Waals surface area contributed by atoms with Gasteiger partial charge in [-0.25, -0.2) is 0 Å². The van der Waals surface area contributed by atoms with Crippen molar-refractivity contribution >= 4 is 11.6 Å². The van der Waals surface area contributed by atoms with Gasteiger partial charge in [0.1, 0.15) is 11.5 Å². The standard InChI is InChI=1S/C14H22N2O3/c1-9-7-11(18-3)8-12(19-4)14(9)16-13(17)6-5-10(2)15/h7-8,10H,5-6,15H2,1-4H3,(H,16,17). The van der Waals surface area contributed by atoms with Gasteiger partial charge in [-0.2, -0.15) is 0 Å². The van der Waals surface area contributed by atoms with Gasteiger partial charge in [0.15, 0.2) is 0 Å². The summed E-state index contributed by atoms with van der Waals surface area (Å²) in [5.74, 6) is 1.22. The first-order valence-corrected chi connectivity index (χ1v) is 6.26. The first-order chi connectivity index (χ1) is 8.97. The molecule has 1 amide bonds. The lowest BCUT2D eigenvalue weighted by atomic mass is 10.1. The molecule has 19 heavy (non-hydrogen) atoms. The molecule has 3 N–H and O–H groups in total. The lowest BCUT2D eigenvalue weighted by molar-refractivity contribution is -0.116. The van der Waals surface area contributed by atoms with Crippen molar-refractivity contribution in [2.24, 2.45) is 5.73 Å². The summed E-state index contributed by atoms with van der Waals surface area (Å²) in [6, 6.07) is 3.61. The number of hydrogen-bond acceptors (Lipinski definition) is 4. The molecule has 5 nitrogen and oxygen atoms in total. The molecule has 0 spiro atoms. The number of amides is 1. The Morgan fingerprint density at radius 3 is 2.58 bits per heavy atom. The Labute approximate surface area is 114 Å². The molecule has 1 rings (SSSR count). The van der Waals surface area contributed by atoms with Crippen LogP contribution in [0.15, 0.2) is 12.1 Å². The van der Waals surface area contributed by atoms with E-state index in [4.69, 9.17) is 15.2 Å². The highest BCUT2D eigenvalue weighted by Gasteiger charge is 2.12. The summed E-state index contributed by atoms with van der Waals surface area (Å²) in [7, 11) is 3.15. The Kier molecular flexibility index (Phi) is 5.63. The van der Waals surface area contributed by atoms with Gasteiger partial charge in [0.25, 0.3) is 0 Å². The summed E-state index contributed by atoms with van der Waals surface area (Å²) in [6.45, 7) is 3.78. The highest BCUT2D eigenvalue weighted by atomic mass is 16.5. The van der Waals surface area contributed by atoms with E-state index < -0.39 is 0 Å². The second kappa shape index (κ2) is 6.99. The molecular weight excluding hydrogens is 244 g/mol. The number of ether oxygens (including phenoxy) is 2. The van der Waals surface area contributed by atoms with Crippen molar-refractivity contribution in [2.45, 2.75) is 32.7 Å². The highest BCUT2D eigenvalue weighted by molar-refractivity contribution is 5.93. The maximum absolute atomic E-state index is 11.8. The summed E-state index contributed by atoms with van der Waals surface area (Å²) < 4.78 is 10.4. The van der Waals surface area contributed by atoms with Crippen LogP contribution in [0.25, 0.3) is 0 Å². The van der Waals surface area contributed by atoms with Crippen molar-refractivity contribution in [2.75, 3.05) is 19.5 Å². The summed E-state index contributed by atoms with van der Waals surface area (Å²) in [5.41, 5.74) is 7.21. The molecule has 1 aromatic rings. The van der Waals surface area contributed by atoms with Gasteiger partial charge in [0, 0.05) is 18.5 Å². The Morgan fingerprint density at radius 2 is 2.05 bits per heavy atom. The molecule has 0 heterocycles. The second-order valence-corrected chi connectivity index (χ2v) is 4.59. The number of aryl methyl sites for hydroxylation is 1. The fourth-order valence-corrected chi connectivity index (χ4v) is 1.72. The number of carbonyl (C=O) groups is 1. The lowest BCUT2D eigenvalue weighted by Gasteiger charge is -2.15.